The maximum Gasteiger partial charge on any atom is 0.321 e. The molecule has 0 rings (SSSR count). The van der Waals surface area contributed by atoms with Gasteiger partial charge in [-0.05, 0) is 6.92 Å². The number of carbonyl (C=O) groups is 1. The number of hydrogen-bond acceptors (Lipinski definition) is 3. The normalized spacial score (nSPS) is 15.7. The van der Waals surface area contributed by atoms with Crippen LogP contribution in [0.4, 0.5) is 0 Å². The smallest absolute Gasteiger partial charge is 0.321 e. The molecule has 0 heterocycles. The Balaban J connectivity index is 3.91. The largest absolute Gasteiger partial charge is 0.480 e. The average molecular weight is 128 g/mol. The molecule has 2 atom stereocenters. The molecule has 3 N–H and O–H groups in total. The first-order valence-electron chi connectivity index (χ1n) is 2.47. The van der Waals surface area contributed by atoms with Crippen molar-refractivity contribution in [3.8, 4) is 6.07 Å². The predicted molar refractivity (Wildman–Crippen MR) is 30.4 cm³/mol. The lowest BCUT2D eigenvalue weighted by Gasteiger charge is -2.05. The van der Waals surface area contributed by atoms with Crippen LogP contribution in [0, 0.1) is 17.2 Å². The van der Waals surface area contributed by atoms with E-state index in [1.54, 1.807) is 6.07 Å². The number of carboxylic acids is 1. The van der Waals surface area contributed by atoms with E-state index in [0.717, 1.165) is 0 Å². The van der Waals surface area contributed by atoms with E-state index in [2.05, 4.69) is 0 Å². The van der Waals surface area contributed by atoms with Gasteiger partial charge in [0.15, 0.2) is 0 Å². The van der Waals surface area contributed by atoms with Gasteiger partial charge in [0, 0.05) is 0 Å². The van der Waals surface area contributed by atoms with Gasteiger partial charge in [0.2, 0.25) is 0 Å². The summed E-state index contributed by atoms with van der Waals surface area (Å²) in [6.45, 7) is 1.47. The number of nitrogens with two attached hydrogens (primary N) is 1. The second-order valence-corrected chi connectivity index (χ2v) is 1.78. The minimum atomic E-state index is -1.14. The van der Waals surface area contributed by atoms with Crippen LogP contribution in [0.5, 0.6) is 0 Å². The lowest BCUT2D eigenvalue weighted by molar-refractivity contribution is -0.139. The third-order valence-corrected chi connectivity index (χ3v) is 1.03. The molecule has 0 bridgehead atoms. The molecule has 0 saturated carbocycles. The Labute approximate surface area is 52.9 Å². The fourth-order valence-electron chi connectivity index (χ4n) is 0.294. The van der Waals surface area contributed by atoms with Crippen molar-refractivity contribution in [3.05, 3.63) is 0 Å². The van der Waals surface area contributed by atoms with Gasteiger partial charge in [0.25, 0.3) is 0 Å². The fraction of sp³-hybridized carbons (Fsp3) is 0.600. The maximum atomic E-state index is 10.0. The number of nitrogens with zero attached hydrogens (tertiary/aromatic N) is 1. The summed E-state index contributed by atoms with van der Waals surface area (Å²) in [6.07, 6.45) is 0. The zero-order valence-corrected chi connectivity index (χ0v) is 5.03. The predicted octanol–water partition coefficient (Wildman–Crippen LogP) is -0.442. The topological polar surface area (TPSA) is 87.1 Å². The molecule has 0 aromatic rings. The van der Waals surface area contributed by atoms with E-state index in [1.807, 2.05) is 0 Å². The Kier molecular flexibility index (Phi) is 2.68. The maximum absolute atomic E-state index is 10.0. The number of nitriles is 1. The van der Waals surface area contributed by atoms with E-state index in [1.165, 1.54) is 6.92 Å². The van der Waals surface area contributed by atoms with Crippen molar-refractivity contribution in [2.24, 2.45) is 11.7 Å². The lowest BCUT2D eigenvalue weighted by Crippen LogP contribution is -2.35. The van der Waals surface area contributed by atoms with Crippen LogP contribution in [0.1, 0.15) is 6.92 Å². The monoisotopic (exact) mass is 128 g/mol. The molecule has 0 aromatic heterocycles. The molecule has 9 heavy (non-hydrogen) atoms. The van der Waals surface area contributed by atoms with Gasteiger partial charge in [-0.2, -0.15) is 5.26 Å². The molecule has 50 valence electrons. The summed E-state index contributed by atoms with van der Waals surface area (Å²) in [5, 5.41) is 16.4. The number of hydrogen-bond donors (Lipinski definition) is 2. The lowest BCUT2D eigenvalue weighted by atomic mass is 10.1. The van der Waals surface area contributed by atoms with Gasteiger partial charge >= 0.3 is 5.97 Å². The Morgan fingerprint density at radius 1 is 1.89 bits per heavy atom. The molecule has 0 saturated heterocycles. The van der Waals surface area contributed by atoms with Crippen molar-refractivity contribution in [2.75, 3.05) is 0 Å². The summed E-state index contributed by atoms with van der Waals surface area (Å²) in [5.74, 6) is -1.76. The summed E-state index contributed by atoms with van der Waals surface area (Å²) >= 11 is 0. The number of aliphatic carboxylic acids is 1. The highest BCUT2D eigenvalue weighted by atomic mass is 16.4. The molecule has 4 heteroatoms. The SMILES string of the molecule is CC(C#N)[C@@H](N)C(=O)O. The Morgan fingerprint density at radius 2 is 2.33 bits per heavy atom. The quantitative estimate of drug-likeness (QED) is 0.527. The molecule has 0 amide bonds. The van der Waals surface area contributed by atoms with Crippen LogP contribution in [0.25, 0.3) is 0 Å². The molecule has 4 nitrogen and oxygen atoms in total. The van der Waals surface area contributed by atoms with Gasteiger partial charge in [-0.25, -0.2) is 0 Å². The van der Waals surface area contributed by atoms with Crippen molar-refractivity contribution >= 4 is 5.97 Å². The van der Waals surface area contributed by atoms with Crippen LogP contribution < -0.4 is 5.73 Å². The van der Waals surface area contributed by atoms with Gasteiger partial charge < -0.3 is 10.8 Å². The molecular formula is C5H8N2O2. The average Bonchev–Trinajstić information content (AvgIpc) is 1.84. The summed E-state index contributed by atoms with van der Waals surface area (Å²) in [6, 6.07) is 0.680. The first kappa shape index (κ1) is 7.92. The Morgan fingerprint density at radius 3 is 2.44 bits per heavy atom. The molecule has 0 spiro atoms. The number of carboxylic acid groups (broad SMARTS) is 1. The van der Waals surface area contributed by atoms with Crippen molar-refractivity contribution in [2.45, 2.75) is 13.0 Å². The van der Waals surface area contributed by atoms with Gasteiger partial charge in [0.1, 0.15) is 6.04 Å². The van der Waals surface area contributed by atoms with Gasteiger partial charge in [-0.3, -0.25) is 4.79 Å². The van der Waals surface area contributed by atoms with Gasteiger partial charge in [-0.15, -0.1) is 0 Å². The standard InChI is InChI=1S/C5H8N2O2/c1-3(2-6)4(7)5(8)9/h3-4H,7H2,1H3,(H,8,9)/t3?,4-/m1/s1. The van der Waals surface area contributed by atoms with Crippen molar-refractivity contribution in [1.82, 2.24) is 0 Å². The minimum absolute atomic E-state index is 0.623. The summed E-state index contributed by atoms with van der Waals surface area (Å²) in [7, 11) is 0. The summed E-state index contributed by atoms with van der Waals surface area (Å²) in [4.78, 5) is 10.0. The molecular weight excluding hydrogens is 120 g/mol. The van der Waals surface area contributed by atoms with Crippen LogP contribution in [0.2, 0.25) is 0 Å². The third-order valence-electron chi connectivity index (χ3n) is 1.03. The van der Waals surface area contributed by atoms with E-state index in [9.17, 15) is 4.79 Å². The van der Waals surface area contributed by atoms with E-state index in [0.29, 0.717) is 0 Å². The van der Waals surface area contributed by atoms with Crippen molar-refractivity contribution < 1.29 is 9.90 Å². The second-order valence-electron chi connectivity index (χ2n) is 1.78. The first-order valence-corrected chi connectivity index (χ1v) is 2.47. The van der Waals surface area contributed by atoms with Crippen LogP contribution >= 0.6 is 0 Å². The highest BCUT2D eigenvalue weighted by molar-refractivity contribution is 5.73. The molecule has 0 radical (unpaired) electrons. The zero-order valence-electron chi connectivity index (χ0n) is 5.03. The van der Waals surface area contributed by atoms with E-state index >= 15 is 0 Å². The highest BCUT2D eigenvalue weighted by Crippen LogP contribution is 1.96. The van der Waals surface area contributed by atoms with E-state index in [-0.39, 0.29) is 0 Å². The molecule has 0 aromatic carbocycles. The van der Waals surface area contributed by atoms with E-state index in [4.69, 9.17) is 16.1 Å². The molecule has 0 fully saturated rings. The van der Waals surface area contributed by atoms with Crippen LogP contribution in [0.15, 0.2) is 0 Å². The fourth-order valence-corrected chi connectivity index (χ4v) is 0.294. The Hall–Kier alpha value is -1.08. The molecule has 1 unspecified atom stereocenters. The molecule has 0 aliphatic rings. The third kappa shape index (κ3) is 2.11. The second kappa shape index (κ2) is 3.05. The minimum Gasteiger partial charge on any atom is -0.480 e. The Bertz CT molecular complexity index is 150. The summed E-state index contributed by atoms with van der Waals surface area (Å²) in [5.41, 5.74) is 5.05. The zero-order chi connectivity index (χ0) is 7.44. The van der Waals surface area contributed by atoms with Crippen LogP contribution in [-0.2, 0) is 4.79 Å². The summed E-state index contributed by atoms with van der Waals surface area (Å²) < 4.78 is 0. The van der Waals surface area contributed by atoms with Crippen LogP contribution in [0.3, 0.4) is 0 Å². The first-order chi connectivity index (χ1) is 4.09. The highest BCUT2D eigenvalue weighted by Gasteiger charge is 2.18. The van der Waals surface area contributed by atoms with Gasteiger partial charge in [0.05, 0.1) is 12.0 Å². The number of rotatable bonds is 2. The van der Waals surface area contributed by atoms with Gasteiger partial charge in [-0.1, -0.05) is 0 Å². The van der Waals surface area contributed by atoms with E-state index < -0.39 is 17.9 Å². The van der Waals surface area contributed by atoms with Crippen LogP contribution in [-0.4, -0.2) is 17.1 Å². The molecule has 0 aliphatic heterocycles. The van der Waals surface area contributed by atoms with Crippen molar-refractivity contribution in [1.29, 1.82) is 5.26 Å². The molecule has 0 aliphatic carbocycles. The van der Waals surface area contributed by atoms with Crippen molar-refractivity contribution in [3.63, 3.8) is 0 Å².